The van der Waals surface area contributed by atoms with Crippen molar-refractivity contribution in [3.63, 3.8) is 0 Å². The molecule has 0 fully saturated rings. The second-order valence-electron chi connectivity index (χ2n) is 3.95. The van der Waals surface area contributed by atoms with Gasteiger partial charge >= 0.3 is 0 Å². The van der Waals surface area contributed by atoms with Crippen LogP contribution in [0.4, 0.5) is 5.69 Å². The summed E-state index contributed by atoms with van der Waals surface area (Å²) >= 11 is 0. The summed E-state index contributed by atoms with van der Waals surface area (Å²) in [6.07, 6.45) is 0. The third-order valence-corrected chi connectivity index (χ3v) is 4.41. The summed E-state index contributed by atoms with van der Waals surface area (Å²) in [6, 6.07) is 5.30. The Balaban J connectivity index is 3.01. The molecule has 2 N–H and O–H groups in total. The Morgan fingerprint density at radius 2 is 2.06 bits per heavy atom. The van der Waals surface area contributed by atoms with Crippen molar-refractivity contribution in [2.24, 2.45) is 5.73 Å². The molecule has 0 atom stereocenters. The third kappa shape index (κ3) is 3.36. The normalized spacial score (nSPS) is 11.3. The van der Waals surface area contributed by atoms with E-state index >= 15 is 0 Å². The molecule has 0 saturated carbocycles. The number of aryl methyl sites for hydroxylation is 1. The van der Waals surface area contributed by atoms with Gasteiger partial charge in [-0.05, 0) is 37.6 Å². The zero-order valence-corrected chi connectivity index (χ0v) is 11.8. The first-order valence-electron chi connectivity index (χ1n) is 5.82. The molecule has 0 unspecified atom stereocenters. The molecular weight excluding hydrogens is 252 g/mol. The van der Waals surface area contributed by atoms with Gasteiger partial charge in [0.1, 0.15) is 5.75 Å². The molecular formula is C12H20N2O3S. The monoisotopic (exact) mass is 272 g/mol. The highest BCUT2D eigenvalue weighted by Crippen LogP contribution is 2.25. The number of nitrogens with two attached hydrogens (primary N) is 1. The van der Waals surface area contributed by atoms with E-state index in [2.05, 4.69) is 0 Å². The molecule has 0 spiro atoms. The topological polar surface area (TPSA) is 72.6 Å². The minimum atomic E-state index is -3.34. The fraction of sp³-hybridized carbons (Fsp3) is 0.500. The van der Waals surface area contributed by atoms with E-state index in [-0.39, 0.29) is 12.3 Å². The van der Waals surface area contributed by atoms with Crippen LogP contribution in [0, 0.1) is 6.92 Å². The number of nitrogens with zero attached hydrogens (tertiary/aromatic N) is 1. The summed E-state index contributed by atoms with van der Waals surface area (Å²) in [6.45, 7) is 4.49. The van der Waals surface area contributed by atoms with Crippen molar-refractivity contribution in [3.8, 4) is 5.75 Å². The second-order valence-corrected chi connectivity index (χ2v) is 6.07. The molecule has 0 aliphatic rings. The minimum Gasteiger partial charge on any atom is -0.494 e. The van der Waals surface area contributed by atoms with Crippen molar-refractivity contribution in [3.05, 3.63) is 23.8 Å². The molecule has 0 saturated heterocycles. The maximum atomic E-state index is 11.9. The number of hydrogen-bond acceptors (Lipinski definition) is 4. The van der Waals surface area contributed by atoms with Crippen LogP contribution >= 0.6 is 0 Å². The molecule has 0 bridgehead atoms. The van der Waals surface area contributed by atoms with Gasteiger partial charge in [-0.25, -0.2) is 8.42 Å². The summed E-state index contributed by atoms with van der Waals surface area (Å²) in [7, 11) is -1.81. The molecule has 6 heteroatoms. The molecule has 0 aliphatic heterocycles. The van der Waals surface area contributed by atoms with Crippen molar-refractivity contribution < 1.29 is 13.2 Å². The summed E-state index contributed by atoms with van der Waals surface area (Å²) in [5.41, 5.74) is 6.82. The summed E-state index contributed by atoms with van der Waals surface area (Å²) < 4.78 is 30.4. The Morgan fingerprint density at radius 1 is 1.39 bits per heavy atom. The van der Waals surface area contributed by atoms with Gasteiger partial charge in [0.05, 0.1) is 18.0 Å². The number of hydrogen-bond donors (Lipinski definition) is 1. The standard InChI is InChI=1S/C12H20N2O3S/c1-4-17-12-6-5-11(9-10(12)2)14(3)18(15,16)8-7-13/h5-6,9H,4,7-8,13H2,1-3H3. The van der Waals surface area contributed by atoms with Crippen molar-refractivity contribution in [2.75, 3.05) is 30.3 Å². The molecule has 0 aliphatic carbocycles. The second kappa shape index (κ2) is 6.06. The molecule has 0 amide bonds. The van der Waals surface area contributed by atoms with Crippen LogP contribution in [0.3, 0.4) is 0 Å². The molecule has 0 heterocycles. The summed E-state index contributed by atoms with van der Waals surface area (Å²) in [5.74, 6) is 0.710. The Kier molecular flexibility index (Phi) is 4.98. The predicted octanol–water partition coefficient (Wildman–Crippen LogP) is 1.12. The van der Waals surface area contributed by atoms with Crippen molar-refractivity contribution >= 4 is 15.7 Å². The van der Waals surface area contributed by atoms with Crippen LogP contribution in [0.5, 0.6) is 5.75 Å². The summed E-state index contributed by atoms with van der Waals surface area (Å²) in [5, 5.41) is 0. The lowest BCUT2D eigenvalue weighted by molar-refractivity contribution is 0.338. The van der Waals surface area contributed by atoms with Gasteiger partial charge in [0.15, 0.2) is 0 Å². The average Bonchev–Trinajstić information content (AvgIpc) is 2.31. The highest BCUT2D eigenvalue weighted by atomic mass is 32.2. The fourth-order valence-corrected chi connectivity index (χ4v) is 2.60. The number of anilines is 1. The zero-order valence-electron chi connectivity index (χ0n) is 11.0. The Hall–Kier alpha value is -1.27. The number of rotatable bonds is 6. The highest BCUT2D eigenvalue weighted by molar-refractivity contribution is 7.92. The van der Waals surface area contributed by atoms with Gasteiger partial charge in [0, 0.05) is 13.6 Å². The first kappa shape index (κ1) is 14.8. The fourth-order valence-electron chi connectivity index (χ4n) is 1.59. The predicted molar refractivity (Wildman–Crippen MR) is 73.6 cm³/mol. The van der Waals surface area contributed by atoms with E-state index in [9.17, 15) is 8.42 Å². The van der Waals surface area contributed by atoms with Crippen molar-refractivity contribution in [1.29, 1.82) is 0 Å². The van der Waals surface area contributed by atoms with Gasteiger partial charge < -0.3 is 10.5 Å². The number of ether oxygens (including phenoxy) is 1. The summed E-state index contributed by atoms with van der Waals surface area (Å²) in [4.78, 5) is 0. The van der Waals surface area contributed by atoms with E-state index in [4.69, 9.17) is 10.5 Å². The Morgan fingerprint density at radius 3 is 2.56 bits per heavy atom. The quantitative estimate of drug-likeness (QED) is 0.842. The van der Waals surface area contributed by atoms with Gasteiger partial charge in [-0.3, -0.25) is 4.31 Å². The van der Waals surface area contributed by atoms with Crippen molar-refractivity contribution in [2.45, 2.75) is 13.8 Å². The first-order valence-corrected chi connectivity index (χ1v) is 7.43. The molecule has 5 nitrogen and oxygen atoms in total. The molecule has 102 valence electrons. The zero-order chi connectivity index (χ0) is 13.8. The van der Waals surface area contributed by atoms with E-state index in [1.54, 1.807) is 18.2 Å². The molecule has 0 radical (unpaired) electrons. The SMILES string of the molecule is CCOc1ccc(N(C)S(=O)(=O)CCN)cc1C. The molecule has 1 aromatic carbocycles. The lowest BCUT2D eigenvalue weighted by Gasteiger charge is -2.20. The molecule has 1 rings (SSSR count). The third-order valence-electron chi connectivity index (χ3n) is 2.62. The van der Waals surface area contributed by atoms with E-state index in [1.807, 2.05) is 13.8 Å². The lowest BCUT2D eigenvalue weighted by atomic mass is 10.2. The minimum absolute atomic E-state index is 0.0598. The highest BCUT2D eigenvalue weighted by Gasteiger charge is 2.17. The average molecular weight is 272 g/mol. The number of benzene rings is 1. The van der Waals surface area contributed by atoms with Crippen LogP contribution in [0.15, 0.2) is 18.2 Å². The van der Waals surface area contributed by atoms with E-state index < -0.39 is 10.0 Å². The Labute approximate surface area is 109 Å². The van der Waals surface area contributed by atoms with Gasteiger partial charge in [-0.15, -0.1) is 0 Å². The van der Waals surface area contributed by atoms with E-state index in [1.165, 1.54) is 11.4 Å². The largest absolute Gasteiger partial charge is 0.494 e. The van der Waals surface area contributed by atoms with Crippen LogP contribution in [0.1, 0.15) is 12.5 Å². The van der Waals surface area contributed by atoms with Gasteiger partial charge in [0.25, 0.3) is 0 Å². The molecule has 18 heavy (non-hydrogen) atoms. The van der Waals surface area contributed by atoms with Gasteiger partial charge in [-0.1, -0.05) is 0 Å². The smallest absolute Gasteiger partial charge is 0.236 e. The lowest BCUT2D eigenvalue weighted by Crippen LogP contribution is -2.31. The van der Waals surface area contributed by atoms with Crippen LogP contribution in [0.25, 0.3) is 0 Å². The number of sulfonamides is 1. The van der Waals surface area contributed by atoms with Crippen LogP contribution in [0.2, 0.25) is 0 Å². The first-order chi connectivity index (χ1) is 8.42. The molecule has 1 aromatic rings. The van der Waals surface area contributed by atoms with Gasteiger partial charge in [-0.2, -0.15) is 0 Å². The maximum absolute atomic E-state index is 11.9. The van der Waals surface area contributed by atoms with Crippen LogP contribution in [-0.2, 0) is 10.0 Å². The van der Waals surface area contributed by atoms with E-state index in [0.717, 1.165) is 11.3 Å². The van der Waals surface area contributed by atoms with Crippen LogP contribution in [-0.4, -0.2) is 34.4 Å². The van der Waals surface area contributed by atoms with Gasteiger partial charge in [0.2, 0.25) is 10.0 Å². The molecule has 0 aromatic heterocycles. The van der Waals surface area contributed by atoms with Crippen molar-refractivity contribution in [1.82, 2.24) is 0 Å². The maximum Gasteiger partial charge on any atom is 0.236 e. The van der Waals surface area contributed by atoms with Crippen LogP contribution < -0.4 is 14.8 Å². The van der Waals surface area contributed by atoms with E-state index in [0.29, 0.717) is 12.3 Å². The Bertz CT molecular complexity index is 500.